The van der Waals surface area contributed by atoms with Crippen molar-refractivity contribution in [3.8, 4) is 0 Å². The smallest absolute Gasteiger partial charge is 0.252 e. The number of benzene rings is 1. The summed E-state index contributed by atoms with van der Waals surface area (Å²) >= 11 is 17.2. The number of hydrogen-bond acceptors (Lipinski definition) is 3. The van der Waals surface area contributed by atoms with Crippen LogP contribution in [0.15, 0.2) is 17.0 Å². The van der Waals surface area contributed by atoms with E-state index in [1.807, 2.05) is 0 Å². The quantitative estimate of drug-likeness (QED) is 0.840. The predicted molar refractivity (Wildman–Crippen MR) is 73.3 cm³/mol. The summed E-state index contributed by atoms with van der Waals surface area (Å²) in [5, 5.41) is 8.36. The first-order chi connectivity index (χ1) is 9.20. The van der Waals surface area contributed by atoms with Crippen LogP contribution in [0.4, 0.5) is 8.78 Å². The minimum Gasteiger partial charge on any atom is -0.395 e. The van der Waals surface area contributed by atoms with Gasteiger partial charge in [-0.3, -0.25) is 0 Å². The molecule has 0 spiro atoms. The highest BCUT2D eigenvalue weighted by Gasteiger charge is 2.31. The van der Waals surface area contributed by atoms with E-state index in [0.717, 1.165) is 12.1 Å². The molecule has 0 saturated heterocycles. The van der Waals surface area contributed by atoms with E-state index in [1.165, 1.54) is 0 Å². The molecule has 0 unspecified atom stereocenters. The van der Waals surface area contributed by atoms with Gasteiger partial charge in [0.2, 0.25) is 10.0 Å². The van der Waals surface area contributed by atoms with Gasteiger partial charge in [-0.1, -0.05) is 34.8 Å². The summed E-state index contributed by atoms with van der Waals surface area (Å²) in [6, 6.07) is 2.28. The molecule has 10 heteroatoms. The van der Waals surface area contributed by atoms with Gasteiger partial charge < -0.3 is 5.11 Å². The summed E-state index contributed by atoms with van der Waals surface area (Å²) < 4.78 is 49.9. The van der Waals surface area contributed by atoms with Crippen LogP contribution in [-0.2, 0) is 10.0 Å². The largest absolute Gasteiger partial charge is 0.395 e. The fourth-order valence-electron chi connectivity index (χ4n) is 1.48. The molecule has 1 aromatic carbocycles. The lowest BCUT2D eigenvalue weighted by Gasteiger charge is -2.22. The van der Waals surface area contributed by atoms with Gasteiger partial charge in [-0.2, -0.15) is 4.31 Å². The van der Waals surface area contributed by atoms with Crippen LogP contribution in [0.5, 0.6) is 0 Å². The first-order valence-electron chi connectivity index (χ1n) is 5.24. The summed E-state index contributed by atoms with van der Waals surface area (Å²) in [6.07, 6.45) is -2.90. The van der Waals surface area contributed by atoms with Gasteiger partial charge in [0.05, 0.1) is 23.2 Å². The standard InChI is InChI=1S/C10H10Cl3F2NO3S/c11-6-3-7(12)10(8(13)4-6)20(18,19)16(1-2-17)5-9(14)15/h3-4,9,17H,1-2,5H2. The lowest BCUT2D eigenvalue weighted by Crippen LogP contribution is -2.37. The van der Waals surface area contributed by atoms with Gasteiger partial charge in [0.25, 0.3) is 6.43 Å². The number of halogens is 5. The fraction of sp³-hybridized carbons (Fsp3) is 0.400. The van der Waals surface area contributed by atoms with E-state index in [2.05, 4.69) is 0 Å². The minimum absolute atomic E-state index is 0.113. The molecule has 4 nitrogen and oxygen atoms in total. The number of aliphatic hydroxyl groups is 1. The first kappa shape index (κ1) is 17.9. The average Bonchev–Trinajstić information content (AvgIpc) is 2.25. The highest BCUT2D eigenvalue weighted by Crippen LogP contribution is 2.34. The van der Waals surface area contributed by atoms with Gasteiger partial charge in [0, 0.05) is 11.6 Å². The molecular weight excluding hydrogens is 359 g/mol. The van der Waals surface area contributed by atoms with Crippen LogP contribution in [0.25, 0.3) is 0 Å². The molecule has 0 aliphatic heterocycles. The van der Waals surface area contributed by atoms with E-state index in [1.54, 1.807) is 0 Å². The maximum absolute atomic E-state index is 12.4. The zero-order chi connectivity index (χ0) is 15.5. The van der Waals surface area contributed by atoms with Crippen molar-refractivity contribution in [3.63, 3.8) is 0 Å². The zero-order valence-electron chi connectivity index (χ0n) is 9.86. The Bertz CT molecular complexity index is 560. The molecule has 1 rings (SSSR count). The van der Waals surface area contributed by atoms with Gasteiger partial charge in [-0.15, -0.1) is 0 Å². The Labute approximate surface area is 129 Å². The van der Waals surface area contributed by atoms with Gasteiger partial charge in [0.15, 0.2) is 0 Å². The predicted octanol–water partition coefficient (Wildman–Crippen LogP) is 2.89. The summed E-state index contributed by atoms with van der Waals surface area (Å²) in [6.45, 7) is -2.19. The van der Waals surface area contributed by atoms with Gasteiger partial charge in [-0.25, -0.2) is 17.2 Å². The molecule has 0 aliphatic carbocycles. The molecule has 0 fully saturated rings. The molecule has 0 radical (unpaired) electrons. The Kier molecular flexibility index (Phi) is 6.43. The highest BCUT2D eigenvalue weighted by atomic mass is 35.5. The molecule has 0 amide bonds. The summed E-state index contributed by atoms with van der Waals surface area (Å²) in [4.78, 5) is -0.515. The van der Waals surface area contributed by atoms with E-state index in [0.29, 0.717) is 4.31 Å². The second-order valence-corrected chi connectivity index (χ2v) is 6.80. The van der Waals surface area contributed by atoms with E-state index >= 15 is 0 Å². The van der Waals surface area contributed by atoms with Crippen molar-refractivity contribution in [1.82, 2.24) is 4.31 Å². The van der Waals surface area contributed by atoms with Crippen LogP contribution >= 0.6 is 34.8 Å². The lowest BCUT2D eigenvalue weighted by molar-refractivity contribution is 0.113. The van der Waals surface area contributed by atoms with E-state index in [9.17, 15) is 17.2 Å². The van der Waals surface area contributed by atoms with Crippen molar-refractivity contribution in [3.05, 3.63) is 27.2 Å². The molecule has 20 heavy (non-hydrogen) atoms. The summed E-state index contributed by atoms with van der Waals surface area (Å²) in [5.41, 5.74) is 0. The first-order valence-corrected chi connectivity index (χ1v) is 7.81. The van der Waals surface area contributed by atoms with Crippen LogP contribution in [-0.4, -0.2) is 44.0 Å². The Morgan fingerprint density at radius 2 is 1.70 bits per heavy atom. The molecule has 0 saturated carbocycles. The molecule has 0 bridgehead atoms. The van der Waals surface area contributed by atoms with Crippen LogP contribution in [0.1, 0.15) is 0 Å². The number of sulfonamides is 1. The topological polar surface area (TPSA) is 57.6 Å². The van der Waals surface area contributed by atoms with E-state index in [-0.39, 0.29) is 15.1 Å². The monoisotopic (exact) mass is 367 g/mol. The van der Waals surface area contributed by atoms with Crippen molar-refractivity contribution in [1.29, 1.82) is 0 Å². The number of aliphatic hydroxyl groups excluding tert-OH is 1. The second-order valence-electron chi connectivity index (χ2n) is 3.68. The average molecular weight is 369 g/mol. The molecule has 0 heterocycles. The van der Waals surface area contributed by atoms with Crippen molar-refractivity contribution < 1.29 is 22.3 Å². The summed E-state index contributed by atoms with van der Waals surface area (Å²) in [5.74, 6) is 0. The SMILES string of the molecule is O=S(=O)(c1c(Cl)cc(Cl)cc1Cl)N(CCO)CC(F)F. The van der Waals surface area contributed by atoms with Crippen LogP contribution in [0, 0.1) is 0 Å². The normalized spacial score (nSPS) is 12.4. The van der Waals surface area contributed by atoms with Crippen molar-refractivity contribution >= 4 is 44.8 Å². The number of alkyl halides is 2. The van der Waals surface area contributed by atoms with Crippen LogP contribution in [0.2, 0.25) is 15.1 Å². The second kappa shape index (κ2) is 7.20. The van der Waals surface area contributed by atoms with Crippen molar-refractivity contribution in [2.24, 2.45) is 0 Å². The van der Waals surface area contributed by atoms with Gasteiger partial charge in [-0.05, 0) is 12.1 Å². The lowest BCUT2D eigenvalue weighted by atomic mass is 10.4. The molecule has 114 valence electrons. The molecule has 1 N–H and O–H groups in total. The summed E-state index contributed by atoms with van der Waals surface area (Å²) in [7, 11) is -4.37. The molecule has 1 aromatic rings. The molecule has 0 aromatic heterocycles. The number of rotatable bonds is 6. The van der Waals surface area contributed by atoms with Crippen molar-refractivity contribution in [2.45, 2.75) is 11.3 Å². The van der Waals surface area contributed by atoms with Crippen LogP contribution in [0.3, 0.4) is 0 Å². The fourth-order valence-corrected chi connectivity index (χ4v) is 4.38. The Balaban J connectivity index is 3.33. The number of hydrogen-bond donors (Lipinski definition) is 1. The zero-order valence-corrected chi connectivity index (χ0v) is 12.9. The third-order valence-corrected chi connectivity index (χ3v) is 5.26. The van der Waals surface area contributed by atoms with E-state index < -0.39 is 41.0 Å². The van der Waals surface area contributed by atoms with Gasteiger partial charge in [0.1, 0.15) is 4.90 Å². The van der Waals surface area contributed by atoms with E-state index in [4.69, 9.17) is 39.9 Å². The number of nitrogens with zero attached hydrogens (tertiary/aromatic N) is 1. The van der Waals surface area contributed by atoms with Crippen molar-refractivity contribution in [2.75, 3.05) is 19.7 Å². The highest BCUT2D eigenvalue weighted by molar-refractivity contribution is 7.89. The Morgan fingerprint density at radius 1 is 1.20 bits per heavy atom. The minimum atomic E-state index is -4.37. The molecule has 0 atom stereocenters. The van der Waals surface area contributed by atoms with Crippen LogP contribution < -0.4 is 0 Å². The molecular formula is C10H10Cl3F2NO3S. The third-order valence-electron chi connectivity index (χ3n) is 2.25. The third kappa shape index (κ3) is 4.16. The maximum Gasteiger partial charge on any atom is 0.252 e. The Hall–Kier alpha value is -0.180. The Morgan fingerprint density at radius 3 is 2.10 bits per heavy atom. The molecule has 0 aliphatic rings. The maximum atomic E-state index is 12.4. The van der Waals surface area contributed by atoms with Gasteiger partial charge >= 0.3 is 0 Å².